The molecule has 7 nitrogen and oxygen atoms in total. The second-order valence-corrected chi connectivity index (χ2v) is 12.2. The van der Waals surface area contributed by atoms with Crippen molar-refractivity contribution in [1.29, 1.82) is 0 Å². The van der Waals surface area contributed by atoms with E-state index in [2.05, 4.69) is 18.6 Å². The number of carbonyl (C=O) groups excluding carboxylic acids is 2. The van der Waals surface area contributed by atoms with Gasteiger partial charge in [-0.2, -0.15) is 0 Å². The Morgan fingerprint density at radius 1 is 1.24 bits per heavy atom. The third-order valence-electron chi connectivity index (χ3n) is 6.87. The molecule has 2 aliphatic rings. The molecular weight excluding hydrogens is 461 g/mol. The maximum atomic E-state index is 13.1. The molecule has 0 aliphatic heterocycles. The Bertz CT molecular complexity index is 746. The van der Waals surface area contributed by atoms with Crippen molar-refractivity contribution in [3.8, 4) is 0 Å². The van der Waals surface area contributed by atoms with Crippen molar-refractivity contribution in [2.75, 3.05) is 26.0 Å². The van der Waals surface area contributed by atoms with Crippen LogP contribution in [0.2, 0.25) is 5.32 Å². The van der Waals surface area contributed by atoms with Gasteiger partial charge in [-0.05, 0) is 0 Å². The summed E-state index contributed by atoms with van der Waals surface area (Å²) < 4.78 is 38.1. The predicted octanol–water partition coefficient (Wildman–Crippen LogP) is 2.21. The Labute approximate surface area is 180 Å². The number of fused-ring (bicyclic) bond motifs is 2. The summed E-state index contributed by atoms with van der Waals surface area (Å²) in [5.74, 6) is -0.392. The van der Waals surface area contributed by atoms with E-state index >= 15 is 0 Å². The van der Waals surface area contributed by atoms with E-state index in [1.807, 2.05) is 13.8 Å². The Kier molecular flexibility index (Phi) is 7.99. The van der Waals surface area contributed by atoms with Crippen molar-refractivity contribution in [3.05, 3.63) is 11.1 Å². The second-order valence-electron chi connectivity index (χ2n) is 8.31. The van der Waals surface area contributed by atoms with Crippen LogP contribution in [-0.4, -0.2) is 71.7 Å². The van der Waals surface area contributed by atoms with Crippen LogP contribution < -0.4 is 0 Å². The molecule has 0 N–H and O–H groups in total. The average Bonchev–Trinajstić information content (AvgIpc) is 3.00. The van der Waals surface area contributed by atoms with E-state index in [0.717, 1.165) is 19.3 Å². The summed E-state index contributed by atoms with van der Waals surface area (Å²) in [4.78, 5) is 25.2. The summed E-state index contributed by atoms with van der Waals surface area (Å²) >= 11 is -0.209. The van der Waals surface area contributed by atoms with Crippen molar-refractivity contribution in [2.24, 2.45) is 16.7 Å². The van der Waals surface area contributed by atoms with E-state index in [1.54, 1.807) is 4.97 Å². The third-order valence-corrected chi connectivity index (χ3v) is 10.6. The molecule has 166 valence electrons. The Morgan fingerprint density at radius 2 is 1.90 bits per heavy atom. The molecule has 0 amide bonds. The molecule has 0 radical (unpaired) electrons. The molecule has 0 aromatic carbocycles. The zero-order valence-electron chi connectivity index (χ0n) is 18.0. The number of methoxy groups -OCH3 is 1. The fourth-order valence-electron chi connectivity index (χ4n) is 5.02. The van der Waals surface area contributed by atoms with Gasteiger partial charge in [-0.15, -0.1) is 0 Å². The summed E-state index contributed by atoms with van der Waals surface area (Å²) in [7, 11) is -2.14. The fraction of sp³-hybridized carbons (Fsp3) is 0.800. The molecule has 2 aliphatic carbocycles. The summed E-state index contributed by atoms with van der Waals surface area (Å²) in [6.45, 7) is 8.82. The molecule has 0 unspecified atom stereocenters. The normalized spacial score (nSPS) is 28.2. The molecule has 3 atom stereocenters. The number of hydrogen-bond acceptors (Lipinski definition) is 6. The van der Waals surface area contributed by atoms with Gasteiger partial charge >= 0.3 is 181 Å². The van der Waals surface area contributed by atoms with Gasteiger partial charge in [-0.3, -0.25) is 0 Å². The van der Waals surface area contributed by atoms with Crippen LogP contribution in [0, 0.1) is 16.7 Å². The zero-order chi connectivity index (χ0) is 21.9. The van der Waals surface area contributed by atoms with Crippen molar-refractivity contribution < 1.29 is 27.5 Å². The van der Waals surface area contributed by atoms with Gasteiger partial charge in [0.25, 0.3) is 0 Å². The first-order chi connectivity index (χ1) is 13.5. The average molecular weight is 495 g/mol. The van der Waals surface area contributed by atoms with Gasteiger partial charge in [0.15, 0.2) is 0 Å². The Balaban J connectivity index is 2.13. The first-order valence-electron chi connectivity index (χ1n) is 10.1. The van der Waals surface area contributed by atoms with Gasteiger partial charge in [-0.25, -0.2) is 0 Å². The number of sulfonamides is 1. The monoisotopic (exact) mass is 495 g/mol. The molecule has 2 fully saturated rings. The minimum absolute atomic E-state index is 0.0243. The topological polar surface area (TPSA) is 90.0 Å². The van der Waals surface area contributed by atoms with Crippen LogP contribution in [-0.2, 0) is 29.1 Å². The van der Waals surface area contributed by atoms with Crippen molar-refractivity contribution in [3.63, 3.8) is 0 Å². The summed E-state index contributed by atoms with van der Waals surface area (Å²) in [6, 6.07) is 0. The standard InChI is InChI=1S/C20H33NO6SSe/c1-6-21(7-2)28(24,25)14-20-10-8-15(19(20,3)4)12-16(20)27-18(23)13-29-11-9-17(22)26-5/h9,11,15-16H,6-8,10,12-14H2,1-5H3/b11-9+/t15-,16-,20-/m1/s1. The van der Waals surface area contributed by atoms with Crippen LogP contribution >= 0.6 is 0 Å². The Hall–Kier alpha value is -0.891. The van der Waals surface area contributed by atoms with Gasteiger partial charge in [0.2, 0.25) is 0 Å². The van der Waals surface area contributed by atoms with Crippen LogP contribution in [0.4, 0.5) is 0 Å². The predicted molar refractivity (Wildman–Crippen MR) is 112 cm³/mol. The third kappa shape index (κ3) is 4.89. The first-order valence-corrected chi connectivity index (χ1v) is 13.9. The van der Waals surface area contributed by atoms with Crippen LogP contribution in [0.5, 0.6) is 0 Å². The van der Waals surface area contributed by atoms with E-state index in [4.69, 9.17) is 4.74 Å². The molecule has 2 saturated carbocycles. The maximum absolute atomic E-state index is 13.1. The molecule has 0 saturated heterocycles. The fourth-order valence-corrected chi connectivity index (χ4v) is 8.41. The van der Waals surface area contributed by atoms with Gasteiger partial charge in [0.1, 0.15) is 0 Å². The van der Waals surface area contributed by atoms with Gasteiger partial charge in [0.05, 0.1) is 0 Å². The number of nitrogens with zero attached hydrogens (tertiary/aromatic N) is 1. The number of carbonyl (C=O) groups is 2. The van der Waals surface area contributed by atoms with Crippen molar-refractivity contribution in [1.82, 2.24) is 4.31 Å². The van der Waals surface area contributed by atoms with Gasteiger partial charge in [-0.1, -0.05) is 0 Å². The Morgan fingerprint density at radius 3 is 2.45 bits per heavy atom. The van der Waals surface area contributed by atoms with Gasteiger partial charge < -0.3 is 0 Å². The van der Waals surface area contributed by atoms with Crippen LogP contribution in [0.1, 0.15) is 47.0 Å². The van der Waals surface area contributed by atoms with Gasteiger partial charge in [0, 0.05) is 0 Å². The number of hydrogen-bond donors (Lipinski definition) is 0. The molecule has 0 heterocycles. The van der Waals surface area contributed by atoms with E-state index in [0.29, 0.717) is 19.0 Å². The molecule has 29 heavy (non-hydrogen) atoms. The summed E-state index contributed by atoms with van der Waals surface area (Å²) in [6.07, 6.45) is 3.38. The number of rotatable bonds is 10. The van der Waals surface area contributed by atoms with Crippen LogP contribution in [0.15, 0.2) is 11.1 Å². The van der Waals surface area contributed by atoms with E-state index < -0.39 is 21.4 Å². The SMILES string of the molecule is CCN(CC)S(=O)(=O)C[C@]12CC[C@H](C[C@H]1OC(=O)C[Se]/C=C/C(=O)OC)C2(C)C. The van der Waals surface area contributed by atoms with Crippen molar-refractivity contribution in [2.45, 2.75) is 58.4 Å². The first kappa shape index (κ1) is 24.4. The minimum atomic E-state index is -3.44. The van der Waals surface area contributed by atoms with Crippen molar-refractivity contribution >= 4 is 36.9 Å². The molecule has 0 aromatic heterocycles. The summed E-state index contributed by atoms with van der Waals surface area (Å²) in [5.41, 5.74) is -0.752. The van der Waals surface area contributed by atoms with Crippen LogP contribution in [0.3, 0.4) is 0 Å². The second kappa shape index (κ2) is 9.50. The molecule has 9 heteroatoms. The molecule has 2 rings (SSSR count). The molecule has 0 spiro atoms. The number of ether oxygens (including phenoxy) is 2. The van der Waals surface area contributed by atoms with E-state index in [9.17, 15) is 18.0 Å². The quantitative estimate of drug-likeness (QED) is 0.263. The van der Waals surface area contributed by atoms with E-state index in [-0.39, 0.29) is 43.5 Å². The zero-order valence-corrected chi connectivity index (χ0v) is 20.5. The summed E-state index contributed by atoms with van der Waals surface area (Å²) in [5, 5.41) is 0.209. The molecular formula is C20H33NO6SSe. The number of esters is 2. The van der Waals surface area contributed by atoms with Crippen LogP contribution in [0.25, 0.3) is 0 Å². The molecule has 0 aromatic rings. The molecule has 2 bridgehead atoms. The van der Waals surface area contributed by atoms with E-state index in [1.165, 1.54) is 17.5 Å².